The molecule has 0 aromatic rings. The third-order valence-corrected chi connectivity index (χ3v) is 14.5. The van der Waals surface area contributed by atoms with E-state index in [4.69, 9.17) is 28.1 Å². The molecule has 0 aromatic heterocycles. The highest BCUT2D eigenvalue weighted by atomic mass is 28.4. The van der Waals surface area contributed by atoms with E-state index >= 15 is 0 Å². The molecule has 0 saturated carbocycles. The molecule has 0 radical (unpaired) electrons. The van der Waals surface area contributed by atoms with Crippen LogP contribution in [0, 0.1) is 11.8 Å². The minimum Gasteiger partial charge on any atom is -0.456 e. The van der Waals surface area contributed by atoms with Gasteiger partial charge in [0.2, 0.25) is 5.79 Å². The van der Waals surface area contributed by atoms with Gasteiger partial charge in [-0.2, -0.15) is 0 Å². The molecule has 0 aliphatic carbocycles. The number of hydrogen-bond donors (Lipinski definition) is 1. The lowest BCUT2D eigenvalue weighted by Gasteiger charge is -2.46. The fourth-order valence-electron chi connectivity index (χ4n) is 6.03. The van der Waals surface area contributed by atoms with E-state index in [9.17, 15) is 4.79 Å². The number of carbonyl (C=O) groups is 1. The van der Waals surface area contributed by atoms with E-state index in [0.717, 1.165) is 19.4 Å². The average Bonchev–Trinajstić information content (AvgIpc) is 2.92. The Morgan fingerprint density at radius 1 is 1.16 bits per heavy atom. The number of nitrogens with one attached hydrogen (secondary N) is 1. The first-order valence-corrected chi connectivity index (χ1v) is 19.6. The van der Waals surface area contributed by atoms with Crippen molar-refractivity contribution in [2.24, 2.45) is 11.8 Å². The van der Waals surface area contributed by atoms with Crippen molar-refractivity contribution in [1.82, 2.24) is 10.2 Å². The van der Waals surface area contributed by atoms with Gasteiger partial charge in [0.25, 0.3) is 0 Å². The lowest BCUT2D eigenvalue weighted by molar-refractivity contribution is -0.268. The Bertz CT molecular complexity index is 1020. The smallest absolute Gasteiger partial charge is 0.340 e. The van der Waals surface area contributed by atoms with Gasteiger partial charge in [-0.05, 0) is 78.3 Å². The van der Waals surface area contributed by atoms with Crippen molar-refractivity contribution in [3.8, 4) is 0 Å². The molecule has 0 unspecified atom stereocenters. The molecule has 2 aliphatic heterocycles. The molecular formula is C35H66N2O7Si. The van der Waals surface area contributed by atoms with Crippen molar-refractivity contribution in [2.45, 2.75) is 149 Å². The zero-order chi connectivity index (χ0) is 34.5. The number of hydrogen-bond acceptors (Lipinski definition) is 9. The highest BCUT2D eigenvalue weighted by molar-refractivity contribution is 6.74. The second kappa shape index (κ2) is 15.7. The summed E-state index contributed by atoms with van der Waals surface area (Å²) < 4.78 is 37.9. The summed E-state index contributed by atoms with van der Waals surface area (Å²) in [5, 5.41) is 3.80. The summed E-state index contributed by atoms with van der Waals surface area (Å²) in [6.07, 6.45) is 3.44. The number of cyclic esters (lactones) is 1. The maximum Gasteiger partial charge on any atom is 0.340 e. The highest BCUT2D eigenvalue weighted by Gasteiger charge is 2.47. The second-order valence-corrected chi connectivity index (χ2v) is 20.6. The van der Waals surface area contributed by atoms with E-state index in [1.54, 1.807) is 27.9 Å². The Morgan fingerprint density at radius 3 is 2.31 bits per heavy atom. The minimum atomic E-state index is -1.88. The Balaban J connectivity index is 2.31. The standard InChI is InChI=1S/C35H66N2O7Si/c1-17-27(22-40-45(15,16)33(6,7)8)36-21-23(2)20-35(11,39-14)31(42-29-19-28(37(12)13)18-24(3)41-29)25(4)30-26(5)32(38)44-34(9,10)43-30/h17,23-25,27-29,31,36H,1,18-22H2,2-16H3/t23-,24-,25+,27-,28-,29+,31-,35-/m1/s1. The van der Waals surface area contributed by atoms with Crippen LogP contribution >= 0.6 is 0 Å². The van der Waals surface area contributed by atoms with Crippen LogP contribution in [0.1, 0.15) is 88.5 Å². The van der Waals surface area contributed by atoms with Crippen LogP contribution < -0.4 is 5.32 Å². The number of ether oxygens (including phenoxy) is 5. The van der Waals surface area contributed by atoms with E-state index in [1.807, 2.05) is 13.0 Å². The van der Waals surface area contributed by atoms with Gasteiger partial charge < -0.3 is 38.3 Å². The van der Waals surface area contributed by atoms with Crippen LogP contribution in [0.4, 0.5) is 0 Å². The van der Waals surface area contributed by atoms with Crippen LogP contribution in [0.25, 0.3) is 0 Å². The molecule has 45 heavy (non-hydrogen) atoms. The van der Waals surface area contributed by atoms with E-state index in [-0.39, 0.29) is 35.0 Å². The summed E-state index contributed by atoms with van der Waals surface area (Å²) >= 11 is 0. The highest BCUT2D eigenvalue weighted by Crippen LogP contribution is 2.41. The molecule has 0 bridgehead atoms. The molecule has 2 rings (SSSR count). The van der Waals surface area contributed by atoms with Crippen LogP contribution in [0.15, 0.2) is 24.0 Å². The summed E-state index contributed by atoms with van der Waals surface area (Å²) in [6.45, 7) is 30.4. The summed E-state index contributed by atoms with van der Waals surface area (Å²) in [5.74, 6) is -0.997. The summed E-state index contributed by atoms with van der Waals surface area (Å²) in [4.78, 5) is 15.1. The molecule has 2 heterocycles. The van der Waals surface area contributed by atoms with Gasteiger partial charge in [-0.3, -0.25) is 0 Å². The predicted molar refractivity (Wildman–Crippen MR) is 183 cm³/mol. The molecule has 0 aromatic carbocycles. The van der Waals surface area contributed by atoms with Crippen LogP contribution in [0.5, 0.6) is 0 Å². The first-order chi connectivity index (χ1) is 20.6. The predicted octanol–water partition coefficient (Wildman–Crippen LogP) is 6.64. The quantitative estimate of drug-likeness (QED) is 0.112. The third kappa shape index (κ3) is 10.9. The molecule has 1 fully saturated rings. The monoisotopic (exact) mass is 654 g/mol. The Hall–Kier alpha value is -1.27. The van der Waals surface area contributed by atoms with Crippen LogP contribution in [0.3, 0.4) is 0 Å². The Kier molecular flexibility index (Phi) is 14.0. The topological polar surface area (TPSA) is 87.7 Å². The van der Waals surface area contributed by atoms with Crippen molar-refractivity contribution in [1.29, 1.82) is 0 Å². The molecule has 10 heteroatoms. The van der Waals surface area contributed by atoms with Gasteiger partial charge >= 0.3 is 5.97 Å². The normalized spacial score (nSPS) is 26.8. The lowest BCUT2D eigenvalue weighted by atomic mass is 9.80. The summed E-state index contributed by atoms with van der Waals surface area (Å²) in [7, 11) is 4.05. The summed E-state index contributed by atoms with van der Waals surface area (Å²) in [5.41, 5.74) is -0.287. The lowest BCUT2D eigenvalue weighted by Crippen LogP contribution is -2.54. The first kappa shape index (κ1) is 39.9. The van der Waals surface area contributed by atoms with E-state index in [0.29, 0.717) is 30.4 Å². The van der Waals surface area contributed by atoms with Crippen molar-refractivity contribution >= 4 is 14.3 Å². The second-order valence-electron chi connectivity index (χ2n) is 15.8. The number of methoxy groups -OCH3 is 1. The fourth-order valence-corrected chi connectivity index (χ4v) is 7.06. The van der Waals surface area contributed by atoms with Gasteiger partial charge in [-0.15, -0.1) is 6.58 Å². The number of rotatable bonds is 16. The van der Waals surface area contributed by atoms with Gasteiger partial charge in [0.15, 0.2) is 14.6 Å². The molecule has 0 spiro atoms. The minimum absolute atomic E-state index is 0.0399. The van der Waals surface area contributed by atoms with Gasteiger partial charge in [0, 0.05) is 45.4 Å². The molecule has 1 N–H and O–H groups in total. The largest absolute Gasteiger partial charge is 0.456 e. The third-order valence-electron chi connectivity index (χ3n) is 9.98. The zero-order valence-corrected chi connectivity index (χ0v) is 32.2. The number of esters is 1. The summed E-state index contributed by atoms with van der Waals surface area (Å²) in [6, 6.07) is 0.370. The van der Waals surface area contributed by atoms with Gasteiger partial charge in [0.1, 0.15) is 5.76 Å². The molecule has 8 atom stereocenters. The SMILES string of the molecule is C=C[C@H](CO[Si](C)(C)C(C)(C)C)NC[C@H](C)C[C@@](C)(OC)[C@H](O[C@H]1C[C@H](N(C)C)C[C@@H](C)O1)[C@@H](C)C1=C(C)C(=O)OC(C)(C)O1. The fraction of sp³-hybridized carbons (Fsp3) is 0.857. The average molecular weight is 655 g/mol. The Morgan fingerprint density at radius 2 is 1.78 bits per heavy atom. The van der Waals surface area contributed by atoms with Gasteiger partial charge in [0.05, 0.1) is 30.0 Å². The van der Waals surface area contributed by atoms with Crippen molar-refractivity contribution in [2.75, 3.05) is 34.4 Å². The molecule has 2 aliphatic rings. The van der Waals surface area contributed by atoms with Gasteiger partial charge in [-0.25, -0.2) is 4.79 Å². The molecule has 1 saturated heterocycles. The van der Waals surface area contributed by atoms with E-state index in [1.165, 1.54) is 0 Å². The van der Waals surface area contributed by atoms with Crippen molar-refractivity contribution in [3.05, 3.63) is 24.0 Å². The van der Waals surface area contributed by atoms with Gasteiger partial charge in [-0.1, -0.05) is 40.7 Å². The molecule has 9 nitrogen and oxygen atoms in total. The van der Waals surface area contributed by atoms with Crippen LogP contribution in [-0.4, -0.2) is 95.5 Å². The van der Waals surface area contributed by atoms with Crippen LogP contribution in [0.2, 0.25) is 18.1 Å². The van der Waals surface area contributed by atoms with E-state index < -0.39 is 32.1 Å². The first-order valence-electron chi connectivity index (χ1n) is 16.7. The van der Waals surface area contributed by atoms with E-state index in [2.05, 4.69) is 85.5 Å². The molecule has 262 valence electrons. The number of carbonyl (C=O) groups excluding carboxylic acids is 1. The van der Waals surface area contributed by atoms with Crippen molar-refractivity contribution in [3.63, 3.8) is 0 Å². The molecular weight excluding hydrogens is 588 g/mol. The molecule has 0 amide bonds. The zero-order valence-electron chi connectivity index (χ0n) is 31.2. The Labute approximate surface area is 275 Å². The van der Waals surface area contributed by atoms with Crippen LogP contribution in [-0.2, 0) is 32.9 Å². The van der Waals surface area contributed by atoms with Crippen molar-refractivity contribution < 1.29 is 32.9 Å². The maximum atomic E-state index is 12.9. The number of nitrogens with zero attached hydrogens (tertiary/aromatic N) is 1. The maximum absolute atomic E-state index is 12.9.